The van der Waals surface area contributed by atoms with Gasteiger partial charge in [-0.2, -0.15) is 0 Å². The number of hydrogen-bond donors (Lipinski definition) is 2. The summed E-state index contributed by atoms with van der Waals surface area (Å²) in [7, 11) is 0. The van der Waals surface area contributed by atoms with E-state index in [4.69, 9.17) is 0 Å². The average molecular weight is 418 g/mol. The first-order valence-electron chi connectivity index (χ1n) is 10.5. The summed E-state index contributed by atoms with van der Waals surface area (Å²) < 4.78 is 0. The zero-order valence-electron chi connectivity index (χ0n) is 17.9. The van der Waals surface area contributed by atoms with Crippen LogP contribution in [-0.4, -0.2) is 16.2 Å². The molecule has 32 heavy (non-hydrogen) atoms. The molecule has 5 rings (SSSR count). The van der Waals surface area contributed by atoms with Gasteiger partial charge in [0.2, 0.25) is 0 Å². The van der Waals surface area contributed by atoms with Crippen molar-refractivity contribution in [3.05, 3.63) is 111 Å². The van der Waals surface area contributed by atoms with Crippen LogP contribution in [0.1, 0.15) is 22.3 Å². The van der Waals surface area contributed by atoms with Gasteiger partial charge in [-0.3, -0.25) is 0 Å². The molecule has 0 saturated heterocycles. The molecule has 156 valence electrons. The number of benzene rings is 4. The average Bonchev–Trinajstić information content (AvgIpc) is 2.80. The van der Waals surface area contributed by atoms with E-state index in [0.717, 1.165) is 43.5 Å². The molecule has 3 heteroatoms. The zero-order chi connectivity index (χ0) is 22.5. The predicted molar refractivity (Wildman–Crippen MR) is 128 cm³/mol. The molecule has 2 N–H and O–H groups in total. The molecule has 0 radical (unpaired) electrons. The van der Waals surface area contributed by atoms with Crippen LogP contribution < -0.4 is 10.4 Å². The topological polar surface area (TPSA) is 57.5 Å². The van der Waals surface area contributed by atoms with Crippen LogP contribution in [0.5, 0.6) is 11.5 Å². The molecule has 0 heterocycles. The summed E-state index contributed by atoms with van der Waals surface area (Å²) in [6, 6.07) is 23.2. The maximum absolute atomic E-state index is 12.4. The molecule has 0 fully saturated rings. The lowest BCUT2D eigenvalue weighted by molar-refractivity contribution is 0.470. The van der Waals surface area contributed by atoms with E-state index in [1.54, 1.807) is 12.1 Å². The molecule has 0 saturated carbocycles. The standard InChI is InChI=1S/C29H22O3/c1-18-11-24(7-9-27(18)31)29(25-8-10-28(32)19(2)12-25)16-23-14-21-6-4-3-5-20(21)13-22(23)15-26(29)17-30/h3-16,31-32H,1-2H3. The van der Waals surface area contributed by atoms with Crippen molar-refractivity contribution in [2.24, 2.45) is 0 Å². The molecule has 0 spiro atoms. The lowest BCUT2D eigenvalue weighted by atomic mass is 9.66. The third-order valence-electron chi connectivity index (χ3n) is 6.46. The van der Waals surface area contributed by atoms with Gasteiger partial charge in [-0.15, -0.1) is 0 Å². The van der Waals surface area contributed by atoms with Gasteiger partial charge in [0.05, 0.1) is 11.0 Å². The number of aryl methyl sites for hydroxylation is 2. The summed E-state index contributed by atoms with van der Waals surface area (Å²) in [5.41, 5.74) is 2.72. The van der Waals surface area contributed by atoms with Crippen molar-refractivity contribution in [2.75, 3.05) is 0 Å². The third kappa shape index (κ3) is 2.95. The van der Waals surface area contributed by atoms with E-state index in [9.17, 15) is 15.0 Å². The normalized spacial score (nSPS) is 14.2. The van der Waals surface area contributed by atoms with E-state index >= 15 is 0 Å². The Bertz CT molecular complexity index is 1520. The van der Waals surface area contributed by atoms with Crippen molar-refractivity contribution >= 4 is 28.9 Å². The van der Waals surface area contributed by atoms with Gasteiger partial charge in [0.1, 0.15) is 17.4 Å². The first kappa shape index (κ1) is 19.9. The Balaban J connectivity index is 1.94. The van der Waals surface area contributed by atoms with E-state index in [0.29, 0.717) is 5.57 Å². The van der Waals surface area contributed by atoms with Gasteiger partial charge in [-0.05, 0) is 87.7 Å². The summed E-state index contributed by atoms with van der Waals surface area (Å²) in [6.07, 6.45) is 4.01. The highest BCUT2D eigenvalue weighted by molar-refractivity contribution is 5.88. The summed E-state index contributed by atoms with van der Waals surface area (Å²) >= 11 is 0. The number of allylic oxidation sites excluding steroid dienone is 1. The van der Waals surface area contributed by atoms with E-state index in [2.05, 4.69) is 36.3 Å². The van der Waals surface area contributed by atoms with Crippen LogP contribution in [0.2, 0.25) is 0 Å². The maximum Gasteiger partial charge on any atom is 0.129 e. The Kier molecular flexibility index (Phi) is 4.51. The van der Waals surface area contributed by atoms with Crippen LogP contribution in [0.15, 0.2) is 78.4 Å². The summed E-state index contributed by atoms with van der Waals surface area (Å²) in [5, 5.41) is 24.5. The SMILES string of the molecule is Cc1cc(C2(c3ccc(O)c(C)c3)C=c3cc4ccccc4cc3=CC2=C=O)ccc1O. The van der Waals surface area contributed by atoms with Crippen molar-refractivity contribution in [3.63, 3.8) is 0 Å². The smallest absolute Gasteiger partial charge is 0.129 e. The fourth-order valence-corrected chi connectivity index (χ4v) is 4.66. The molecule has 0 atom stereocenters. The minimum Gasteiger partial charge on any atom is -0.508 e. The highest BCUT2D eigenvalue weighted by atomic mass is 16.3. The quantitative estimate of drug-likeness (QED) is 0.480. The van der Waals surface area contributed by atoms with Crippen molar-refractivity contribution < 1.29 is 15.0 Å². The lowest BCUT2D eigenvalue weighted by Crippen LogP contribution is -2.39. The number of phenolic OH excluding ortho intramolecular Hbond substituents is 2. The predicted octanol–water partition coefficient (Wildman–Crippen LogP) is 4.19. The first-order valence-corrected chi connectivity index (χ1v) is 10.5. The van der Waals surface area contributed by atoms with E-state index < -0.39 is 5.41 Å². The molecule has 1 aliphatic rings. The summed E-state index contributed by atoms with van der Waals surface area (Å²) in [5.74, 6) is 2.61. The molecule has 0 amide bonds. The maximum atomic E-state index is 12.4. The monoisotopic (exact) mass is 418 g/mol. The molecule has 4 aromatic carbocycles. The van der Waals surface area contributed by atoms with Gasteiger partial charge in [-0.1, -0.05) is 54.6 Å². The van der Waals surface area contributed by atoms with Crippen LogP contribution in [0.25, 0.3) is 22.9 Å². The summed E-state index contributed by atoms with van der Waals surface area (Å²) in [6.45, 7) is 3.68. The summed E-state index contributed by atoms with van der Waals surface area (Å²) in [4.78, 5) is 12.4. The van der Waals surface area contributed by atoms with Crippen molar-refractivity contribution in [1.82, 2.24) is 0 Å². The van der Waals surface area contributed by atoms with E-state index in [1.165, 1.54) is 0 Å². The minimum absolute atomic E-state index is 0.202. The Morgan fingerprint density at radius 2 is 1.25 bits per heavy atom. The molecule has 0 bridgehead atoms. The molecule has 0 aromatic heterocycles. The second kappa shape index (κ2) is 7.26. The molecule has 3 nitrogen and oxygen atoms in total. The van der Waals surface area contributed by atoms with E-state index in [-0.39, 0.29) is 11.5 Å². The van der Waals surface area contributed by atoms with Crippen molar-refractivity contribution in [3.8, 4) is 11.5 Å². The van der Waals surface area contributed by atoms with Crippen LogP contribution in [0.4, 0.5) is 0 Å². The van der Waals surface area contributed by atoms with Crippen molar-refractivity contribution in [1.29, 1.82) is 0 Å². The molecular weight excluding hydrogens is 396 g/mol. The fourth-order valence-electron chi connectivity index (χ4n) is 4.66. The third-order valence-corrected chi connectivity index (χ3v) is 6.46. The molecule has 1 aliphatic carbocycles. The minimum atomic E-state index is -0.909. The Morgan fingerprint density at radius 1 is 0.719 bits per heavy atom. The fraction of sp³-hybridized carbons (Fsp3) is 0.103. The number of phenols is 2. The van der Waals surface area contributed by atoms with Crippen LogP contribution >= 0.6 is 0 Å². The van der Waals surface area contributed by atoms with Gasteiger partial charge in [-0.25, -0.2) is 4.79 Å². The Morgan fingerprint density at radius 3 is 1.75 bits per heavy atom. The van der Waals surface area contributed by atoms with Gasteiger partial charge in [0.15, 0.2) is 0 Å². The lowest BCUT2D eigenvalue weighted by Gasteiger charge is -2.34. The van der Waals surface area contributed by atoms with Gasteiger partial charge in [0.25, 0.3) is 0 Å². The molecule has 0 unspecified atom stereocenters. The van der Waals surface area contributed by atoms with Gasteiger partial charge >= 0.3 is 0 Å². The van der Waals surface area contributed by atoms with Crippen LogP contribution in [0, 0.1) is 13.8 Å². The molecular formula is C29H22O3. The molecule has 4 aromatic rings. The highest BCUT2D eigenvalue weighted by Gasteiger charge is 2.38. The first-order chi connectivity index (χ1) is 15.4. The Labute approximate surface area is 185 Å². The Hall–Kier alpha value is -4.07. The van der Waals surface area contributed by atoms with Crippen LogP contribution in [-0.2, 0) is 10.2 Å². The highest BCUT2D eigenvalue weighted by Crippen LogP contribution is 2.43. The van der Waals surface area contributed by atoms with E-state index in [1.807, 2.05) is 56.3 Å². The number of rotatable bonds is 2. The largest absolute Gasteiger partial charge is 0.508 e. The number of aromatic hydroxyl groups is 2. The second-order valence-corrected chi connectivity index (χ2v) is 8.44. The van der Waals surface area contributed by atoms with Gasteiger partial charge < -0.3 is 10.2 Å². The number of carbonyl (C=O) groups excluding carboxylic acids is 1. The van der Waals surface area contributed by atoms with Crippen LogP contribution in [0.3, 0.4) is 0 Å². The van der Waals surface area contributed by atoms with Gasteiger partial charge in [0, 0.05) is 0 Å². The van der Waals surface area contributed by atoms with Crippen molar-refractivity contribution in [2.45, 2.75) is 19.3 Å². The molecule has 0 aliphatic heterocycles. The number of hydrogen-bond acceptors (Lipinski definition) is 3. The zero-order valence-corrected chi connectivity index (χ0v) is 17.9. The second-order valence-electron chi connectivity index (χ2n) is 8.44. The number of fused-ring (bicyclic) bond motifs is 2.